The van der Waals surface area contributed by atoms with Crippen LogP contribution in [0.5, 0.6) is 0 Å². The van der Waals surface area contributed by atoms with E-state index in [1.807, 2.05) is 0 Å². The molecule has 0 saturated heterocycles. The van der Waals surface area contributed by atoms with Gasteiger partial charge in [0.25, 0.3) is 5.69 Å². The minimum Gasteiger partial charge on any atom is -0.393 e. The van der Waals surface area contributed by atoms with Gasteiger partial charge in [0.1, 0.15) is 5.69 Å². The quantitative estimate of drug-likeness (QED) is 0.397. The standard InChI is InChI=1S/C9H11N3O2/c10-6-3-1-5-2-4-7(12(13)14)9(11)8(5)6/h2,4,6H,1,3,10-11H2. The van der Waals surface area contributed by atoms with E-state index in [2.05, 4.69) is 0 Å². The first kappa shape index (κ1) is 8.96. The normalized spacial score (nSPS) is 19.4. The predicted molar refractivity (Wildman–Crippen MR) is 52.8 cm³/mol. The topological polar surface area (TPSA) is 95.2 Å². The molecule has 0 aliphatic heterocycles. The van der Waals surface area contributed by atoms with Crippen LogP contribution in [0, 0.1) is 10.1 Å². The van der Waals surface area contributed by atoms with Gasteiger partial charge in [0, 0.05) is 17.7 Å². The van der Waals surface area contributed by atoms with E-state index in [9.17, 15) is 10.1 Å². The molecule has 0 radical (unpaired) electrons. The Bertz CT molecular complexity index is 403. The molecule has 1 aliphatic rings. The molecule has 1 aliphatic carbocycles. The molecule has 1 aromatic rings. The lowest BCUT2D eigenvalue weighted by molar-refractivity contribution is -0.384. The van der Waals surface area contributed by atoms with E-state index in [0.29, 0.717) is 0 Å². The Hall–Kier alpha value is -1.62. The minimum atomic E-state index is -0.472. The molecule has 0 heterocycles. The van der Waals surface area contributed by atoms with Crippen molar-refractivity contribution in [1.29, 1.82) is 0 Å². The molecule has 0 saturated carbocycles. The van der Waals surface area contributed by atoms with Gasteiger partial charge in [0.2, 0.25) is 0 Å². The average Bonchev–Trinajstić information content (AvgIpc) is 2.48. The highest BCUT2D eigenvalue weighted by Gasteiger charge is 2.26. The second-order valence-electron chi connectivity index (χ2n) is 3.47. The first-order chi connectivity index (χ1) is 6.61. The molecule has 0 fully saturated rings. The van der Waals surface area contributed by atoms with Crippen LogP contribution in [0.25, 0.3) is 0 Å². The lowest BCUT2D eigenvalue weighted by Gasteiger charge is -2.08. The van der Waals surface area contributed by atoms with Gasteiger partial charge in [-0.1, -0.05) is 6.07 Å². The molecule has 14 heavy (non-hydrogen) atoms. The maximum Gasteiger partial charge on any atom is 0.292 e. The van der Waals surface area contributed by atoms with Crippen molar-refractivity contribution < 1.29 is 4.92 Å². The molecule has 5 nitrogen and oxygen atoms in total. The van der Waals surface area contributed by atoms with Gasteiger partial charge in [-0.2, -0.15) is 0 Å². The second kappa shape index (κ2) is 2.95. The molecular formula is C9H11N3O2. The van der Waals surface area contributed by atoms with Crippen molar-refractivity contribution in [3.63, 3.8) is 0 Å². The van der Waals surface area contributed by atoms with Crippen molar-refractivity contribution in [2.75, 3.05) is 5.73 Å². The van der Waals surface area contributed by atoms with Gasteiger partial charge in [-0.05, 0) is 18.4 Å². The van der Waals surface area contributed by atoms with Crippen molar-refractivity contribution >= 4 is 11.4 Å². The first-order valence-electron chi connectivity index (χ1n) is 4.42. The Morgan fingerprint density at radius 1 is 1.50 bits per heavy atom. The van der Waals surface area contributed by atoms with Crippen LogP contribution in [-0.4, -0.2) is 4.92 Å². The molecule has 2 rings (SSSR count). The zero-order valence-electron chi connectivity index (χ0n) is 7.56. The van der Waals surface area contributed by atoms with Crippen molar-refractivity contribution in [2.45, 2.75) is 18.9 Å². The highest BCUT2D eigenvalue weighted by Crippen LogP contribution is 2.38. The van der Waals surface area contributed by atoms with Crippen LogP contribution in [0.15, 0.2) is 12.1 Å². The highest BCUT2D eigenvalue weighted by molar-refractivity contribution is 5.67. The number of nitro benzene ring substituents is 1. The van der Waals surface area contributed by atoms with Gasteiger partial charge < -0.3 is 11.5 Å². The number of nitrogen functional groups attached to an aromatic ring is 1. The summed E-state index contributed by atoms with van der Waals surface area (Å²) in [6, 6.07) is 3.05. The summed E-state index contributed by atoms with van der Waals surface area (Å²) >= 11 is 0. The Labute approximate surface area is 80.9 Å². The van der Waals surface area contributed by atoms with Gasteiger partial charge >= 0.3 is 0 Å². The number of nitro groups is 1. The van der Waals surface area contributed by atoms with E-state index in [1.165, 1.54) is 6.07 Å². The highest BCUT2D eigenvalue weighted by atomic mass is 16.6. The van der Waals surface area contributed by atoms with Gasteiger partial charge in [-0.3, -0.25) is 10.1 Å². The Morgan fingerprint density at radius 2 is 2.21 bits per heavy atom. The van der Waals surface area contributed by atoms with Crippen LogP contribution >= 0.6 is 0 Å². The number of nitrogens with two attached hydrogens (primary N) is 2. The van der Waals surface area contributed by atoms with Crippen molar-refractivity contribution in [3.8, 4) is 0 Å². The largest absolute Gasteiger partial charge is 0.393 e. The summed E-state index contributed by atoms with van der Waals surface area (Å²) in [4.78, 5) is 10.1. The molecular weight excluding hydrogens is 182 g/mol. The van der Waals surface area contributed by atoms with E-state index < -0.39 is 4.92 Å². The monoisotopic (exact) mass is 193 g/mol. The maximum absolute atomic E-state index is 10.6. The molecule has 0 amide bonds. The number of hydrogen-bond donors (Lipinski definition) is 2. The fourth-order valence-electron chi connectivity index (χ4n) is 1.94. The van der Waals surface area contributed by atoms with E-state index >= 15 is 0 Å². The number of fused-ring (bicyclic) bond motifs is 1. The molecule has 1 unspecified atom stereocenters. The van der Waals surface area contributed by atoms with Crippen molar-refractivity contribution in [2.24, 2.45) is 5.73 Å². The molecule has 0 aromatic heterocycles. The first-order valence-corrected chi connectivity index (χ1v) is 4.42. The summed E-state index contributed by atoms with van der Waals surface area (Å²) in [5.74, 6) is 0. The lowest BCUT2D eigenvalue weighted by Crippen LogP contribution is -2.09. The van der Waals surface area contributed by atoms with Crippen molar-refractivity contribution in [3.05, 3.63) is 33.4 Å². The minimum absolute atomic E-state index is 0.0406. The van der Waals surface area contributed by atoms with Crippen molar-refractivity contribution in [1.82, 2.24) is 0 Å². The summed E-state index contributed by atoms with van der Waals surface area (Å²) in [6.45, 7) is 0. The third-order valence-electron chi connectivity index (χ3n) is 2.65. The summed E-state index contributed by atoms with van der Waals surface area (Å²) in [7, 11) is 0. The summed E-state index contributed by atoms with van der Waals surface area (Å²) in [5.41, 5.74) is 13.5. The lowest BCUT2D eigenvalue weighted by atomic mass is 10.0. The summed E-state index contributed by atoms with van der Waals surface area (Å²) in [5, 5.41) is 10.6. The fraction of sp³-hybridized carbons (Fsp3) is 0.333. The predicted octanol–water partition coefficient (Wildman–Crippen LogP) is 1.12. The SMILES string of the molecule is Nc1c([N+](=O)[O-])ccc2c1C(N)CC2. The number of hydrogen-bond acceptors (Lipinski definition) is 4. The van der Waals surface area contributed by atoms with E-state index in [1.54, 1.807) is 6.07 Å². The summed E-state index contributed by atoms with van der Waals surface area (Å²) in [6.07, 6.45) is 1.68. The second-order valence-corrected chi connectivity index (χ2v) is 3.47. The number of benzene rings is 1. The van der Waals surface area contributed by atoms with Gasteiger partial charge in [-0.15, -0.1) is 0 Å². The smallest absolute Gasteiger partial charge is 0.292 e. The van der Waals surface area contributed by atoms with E-state index in [-0.39, 0.29) is 17.4 Å². The molecule has 1 atom stereocenters. The Balaban J connectivity index is 2.61. The molecule has 0 bridgehead atoms. The van der Waals surface area contributed by atoms with Crippen LogP contribution in [-0.2, 0) is 6.42 Å². The molecule has 4 N–H and O–H groups in total. The molecule has 1 aromatic carbocycles. The molecule has 0 spiro atoms. The zero-order chi connectivity index (χ0) is 10.3. The zero-order valence-corrected chi connectivity index (χ0v) is 7.56. The van der Waals surface area contributed by atoms with Crippen LogP contribution in [0.1, 0.15) is 23.6 Å². The third-order valence-corrected chi connectivity index (χ3v) is 2.65. The van der Waals surface area contributed by atoms with Crippen LogP contribution < -0.4 is 11.5 Å². The van der Waals surface area contributed by atoms with E-state index in [0.717, 1.165) is 24.0 Å². The average molecular weight is 193 g/mol. The van der Waals surface area contributed by atoms with Gasteiger partial charge in [0.05, 0.1) is 4.92 Å². The number of anilines is 1. The molecule has 5 heteroatoms. The maximum atomic E-state index is 10.6. The van der Waals surface area contributed by atoms with Crippen LogP contribution in [0.2, 0.25) is 0 Å². The van der Waals surface area contributed by atoms with Gasteiger partial charge in [0.15, 0.2) is 0 Å². The number of rotatable bonds is 1. The fourth-order valence-corrected chi connectivity index (χ4v) is 1.94. The number of aryl methyl sites for hydroxylation is 1. The number of nitrogens with zero attached hydrogens (tertiary/aromatic N) is 1. The van der Waals surface area contributed by atoms with Gasteiger partial charge in [-0.25, -0.2) is 0 Å². The summed E-state index contributed by atoms with van der Waals surface area (Å²) < 4.78 is 0. The van der Waals surface area contributed by atoms with Crippen LogP contribution in [0.4, 0.5) is 11.4 Å². The Morgan fingerprint density at radius 3 is 2.86 bits per heavy atom. The Kier molecular flexibility index (Phi) is 1.89. The molecule has 74 valence electrons. The van der Waals surface area contributed by atoms with E-state index in [4.69, 9.17) is 11.5 Å². The van der Waals surface area contributed by atoms with Crippen LogP contribution in [0.3, 0.4) is 0 Å². The third kappa shape index (κ3) is 1.13.